The summed E-state index contributed by atoms with van der Waals surface area (Å²) in [5.41, 5.74) is 2.38. The van der Waals surface area contributed by atoms with E-state index in [4.69, 9.17) is 23.2 Å². The molecule has 0 aliphatic heterocycles. The van der Waals surface area contributed by atoms with Crippen molar-refractivity contribution in [3.05, 3.63) is 76.0 Å². The van der Waals surface area contributed by atoms with E-state index in [1.165, 1.54) is 11.1 Å². The van der Waals surface area contributed by atoms with E-state index in [2.05, 4.69) is 10.4 Å². The lowest BCUT2D eigenvalue weighted by atomic mass is 10.2. The van der Waals surface area contributed by atoms with E-state index in [1.807, 2.05) is 12.1 Å². The van der Waals surface area contributed by atoms with Crippen LogP contribution in [0.1, 0.15) is 16.1 Å². The van der Waals surface area contributed by atoms with E-state index in [0.29, 0.717) is 27.0 Å². The number of likely N-dealkylation sites (N-methyl/N-ethyl adjacent to an activating group) is 1. The number of nitrogens with zero attached hydrogens (tertiary/aromatic N) is 3. The number of aromatic nitrogens is 2. The van der Waals surface area contributed by atoms with Gasteiger partial charge < -0.3 is 10.2 Å². The van der Waals surface area contributed by atoms with Crippen molar-refractivity contribution in [1.82, 2.24) is 14.7 Å². The van der Waals surface area contributed by atoms with Crippen molar-refractivity contribution in [2.75, 3.05) is 18.9 Å². The highest BCUT2D eigenvalue weighted by molar-refractivity contribution is 6.33. The van der Waals surface area contributed by atoms with Gasteiger partial charge >= 0.3 is 0 Å². The second-order valence-electron chi connectivity index (χ2n) is 6.22. The molecule has 0 aliphatic rings. The Hall–Kier alpha value is -2.83. The largest absolute Gasteiger partial charge is 0.332 e. The van der Waals surface area contributed by atoms with Crippen LogP contribution in [0.25, 0.3) is 5.69 Å². The summed E-state index contributed by atoms with van der Waals surface area (Å²) in [7, 11) is 1.56. The Morgan fingerprint density at radius 1 is 1.11 bits per heavy atom. The summed E-state index contributed by atoms with van der Waals surface area (Å²) in [4.78, 5) is 26.4. The minimum atomic E-state index is -0.341. The summed E-state index contributed by atoms with van der Waals surface area (Å²) < 4.78 is 1.65. The molecule has 0 radical (unpaired) electrons. The van der Waals surface area contributed by atoms with Gasteiger partial charge in [-0.2, -0.15) is 5.10 Å². The standard InChI is InChI=1S/C20H18Cl2N4O2/c1-13-16(11-23-26(13)15-9-7-14(21)8-10-15)20(28)25(2)12-19(27)24-18-6-4-3-5-17(18)22/h3-11H,12H2,1-2H3,(H,24,27). The predicted molar refractivity (Wildman–Crippen MR) is 110 cm³/mol. The number of hydrogen-bond acceptors (Lipinski definition) is 3. The fourth-order valence-electron chi connectivity index (χ4n) is 2.71. The van der Waals surface area contributed by atoms with Crippen molar-refractivity contribution < 1.29 is 9.59 Å². The zero-order valence-corrected chi connectivity index (χ0v) is 16.8. The van der Waals surface area contributed by atoms with Crippen molar-refractivity contribution in [3.63, 3.8) is 0 Å². The van der Waals surface area contributed by atoms with Gasteiger partial charge in [-0.15, -0.1) is 0 Å². The van der Waals surface area contributed by atoms with Crippen molar-refractivity contribution in [2.24, 2.45) is 0 Å². The first-order valence-electron chi connectivity index (χ1n) is 8.47. The number of nitrogens with one attached hydrogen (secondary N) is 1. The average molecular weight is 417 g/mol. The maximum atomic E-state index is 12.8. The molecular formula is C20H18Cl2N4O2. The monoisotopic (exact) mass is 416 g/mol. The van der Waals surface area contributed by atoms with Crippen molar-refractivity contribution in [3.8, 4) is 5.69 Å². The molecule has 144 valence electrons. The van der Waals surface area contributed by atoms with E-state index < -0.39 is 0 Å². The SMILES string of the molecule is Cc1c(C(=O)N(C)CC(=O)Nc2ccccc2Cl)cnn1-c1ccc(Cl)cc1. The van der Waals surface area contributed by atoms with Gasteiger partial charge in [0.1, 0.15) is 0 Å². The predicted octanol–water partition coefficient (Wildman–Crippen LogP) is 4.20. The lowest BCUT2D eigenvalue weighted by molar-refractivity contribution is -0.116. The number of hydrogen-bond donors (Lipinski definition) is 1. The fourth-order valence-corrected chi connectivity index (χ4v) is 3.02. The third kappa shape index (κ3) is 4.35. The van der Waals surface area contributed by atoms with Crippen LogP contribution >= 0.6 is 23.2 Å². The summed E-state index contributed by atoms with van der Waals surface area (Å²) in [6.45, 7) is 1.68. The Kier molecular flexibility index (Phi) is 6.02. The Bertz CT molecular complexity index is 1020. The van der Waals surface area contributed by atoms with Crippen LogP contribution in [-0.4, -0.2) is 40.1 Å². The molecule has 0 atom stereocenters. The Balaban J connectivity index is 1.70. The second kappa shape index (κ2) is 8.46. The van der Waals surface area contributed by atoms with E-state index in [1.54, 1.807) is 55.1 Å². The Labute approximate surface area is 172 Å². The molecule has 0 fully saturated rings. The number of benzene rings is 2. The van der Waals surface area contributed by atoms with E-state index in [9.17, 15) is 9.59 Å². The first-order valence-corrected chi connectivity index (χ1v) is 9.23. The first kappa shape index (κ1) is 19.9. The van der Waals surface area contributed by atoms with Gasteiger partial charge in [0.05, 0.1) is 40.4 Å². The van der Waals surface area contributed by atoms with Crippen LogP contribution in [0.15, 0.2) is 54.7 Å². The van der Waals surface area contributed by atoms with Crippen LogP contribution in [0.4, 0.5) is 5.69 Å². The van der Waals surface area contributed by atoms with E-state index in [-0.39, 0.29) is 18.4 Å². The Morgan fingerprint density at radius 2 is 1.79 bits per heavy atom. The zero-order chi connectivity index (χ0) is 20.3. The average Bonchev–Trinajstić information content (AvgIpc) is 3.05. The van der Waals surface area contributed by atoms with Crippen LogP contribution in [0.5, 0.6) is 0 Å². The lowest BCUT2D eigenvalue weighted by Gasteiger charge is -2.17. The van der Waals surface area contributed by atoms with E-state index in [0.717, 1.165) is 5.69 Å². The molecule has 8 heteroatoms. The van der Waals surface area contributed by atoms with Gasteiger partial charge in [-0.25, -0.2) is 4.68 Å². The molecule has 0 aliphatic carbocycles. The van der Waals surface area contributed by atoms with Crippen LogP contribution in [0.3, 0.4) is 0 Å². The molecule has 3 rings (SSSR count). The molecule has 2 amide bonds. The van der Waals surface area contributed by atoms with Crippen LogP contribution in [0, 0.1) is 6.92 Å². The molecule has 6 nitrogen and oxygen atoms in total. The fraction of sp³-hybridized carbons (Fsp3) is 0.150. The van der Waals surface area contributed by atoms with Crippen LogP contribution in [0.2, 0.25) is 10.0 Å². The molecule has 0 saturated carbocycles. The maximum absolute atomic E-state index is 12.8. The third-order valence-electron chi connectivity index (χ3n) is 4.19. The Morgan fingerprint density at radius 3 is 2.46 bits per heavy atom. The van der Waals surface area contributed by atoms with Crippen molar-refractivity contribution in [1.29, 1.82) is 0 Å². The van der Waals surface area contributed by atoms with Gasteiger partial charge in [0.25, 0.3) is 5.91 Å². The van der Waals surface area contributed by atoms with Crippen molar-refractivity contribution in [2.45, 2.75) is 6.92 Å². The molecule has 0 saturated heterocycles. The number of halogens is 2. The number of carbonyl (C=O) groups excluding carboxylic acids is 2. The van der Waals surface area contributed by atoms with Gasteiger partial charge in [-0.05, 0) is 43.3 Å². The smallest absolute Gasteiger partial charge is 0.257 e. The van der Waals surface area contributed by atoms with Gasteiger partial charge in [0.2, 0.25) is 5.91 Å². The lowest BCUT2D eigenvalue weighted by Crippen LogP contribution is -2.35. The van der Waals surface area contributed by atoms with Crippen LogP contribution in [-0.2, 0) is 4.79 Å². The van der Waals surface area contributed by atoms with E-state index >= 15 is 0 Å². The summed E-state index contributed by atoms with van der Waals surface area (Å²) in [5, 5.41) is 8.04. The molecule has 1 aromatic heterocycles. The molecule has 28 heavy (non-hydrogen) atoms. The molecular weight excluding hydrogens is 399 g/mol. The second-order valence-corrected chi connectivity index (χ2v) is 7.06. The first-order chi connectivity index (χ1) is 13.4. The highest BCUT2D eigenvalue weighted by Gasteiger charge is 2.20. The number of amides is 2. The molecule has 0 spiro atoms. The molecule has 1 heterocycles. The third-order valence-corrected chi connectivity index (χ3v) is 4.77. The quantitative estimate of drug-likeness (QED) is 0.677. The summed E-state index contributed by atoms with van der Waals surface area (Å²) >= 11 is 12.0. The molecule has 3 aromatic rings. The number of rotatable bonds is 5. The molecule has 2 aromatic carbocycles. The summed E-state index contributed by atoms with van der Waals surface area (Å²) in [6.07, 6.45) is 1.49. The number of carbonyl (C=O) groups is 2. The minimum Gasteiger partial charge on any atom is -0.332 e. The molecule has 0 unspecified atom stereocenters. The molecule has 0 bridgehead atoms. The number of anilines is 1. The van der Waals surface area contributed by atoms with Gasteiger partial charge in [0, 0.05) is 12.1 Å². The minimum absolute atomic E-state index is 0.115. The summed E-state index contributed by atoms with van der Waals surface area (Å²) in [6, 6.07) is 14.1. The topological polar surface area (TPSA) is 67.2 Å². The van der Waals surface area contributed by atoms with Crippen LogP contribution < -0.4 is 5.32 Å². The summed E-state index contributed by atoms with van der Waals surface area (Å²) in [5.74, 6) is -0.640. The molecule has 1 N–H and O–H groups in total. The highest BCUT2D eigenvalue weighted by Crippen LogP contribution is 2.21. The number of para-hydroxylation sites is 1. The van der Waals surface area contributed by atoms with Gasteiger partial charge in [-0.1, -0.05) is 35.3 Å². The van der Waals surface area contributed by atoms with Gasteiger partial charge in [-0.3, -0.25) is 9.59 Å². The normalized spacial score (nSPS) is 10.6. The van der Waals surface area contributed by atoms with Gasteiger partial charge in [0.15, 0.2) is 0 Å². The highest BCUT2D eigenvalue weighted by atomic mass is 35.5. The maximum Gasteiger partial charge on any atom is 0.257 e. The zero-order valence-electron chi connectivity index (χ0n) is 15.3. The van der Waals surface area contributed by atoms with Crippen molar-refractivity contribution >= 4 is 40.7 Å².